The lowest BCUT2D eigenvalue weighted by Gasteiger charge is -2.24. The van der Waals surface area contributed by atoms with Gasteiger partial charge in [-0.25, -0.2) is 0 Å². The van der Waals surface area contributed by atoms with Gasteiger partial charge in [0.2, 0.25) is 0 Å². The van der Waals surface area contributed by atoms with Crippen molar-refractivity contribution < 1.29 is 0 Å². The number of nitrogens with zero attached hydrogens (tertiary/aromatic N) is 1. The summed E-state index contributed by atoms with van der Waals surface area (Å²) in [4.78, 5) is 0. The average Bonchev–Trinajstić information content (AvgIpc) is 2.64. The molecule has 1 unspecified atom stereocenters. The van der Waals surface area contributed by atoms with E-state index in [2.05, 4.69) is 47.1 Å². The van der Waals surface area contributed by atoms with Crippen molar-refractivity contribution in [3.63, 3.8) is 0 Å². The zero-order valence-corrected chi connectivity index (χ0v) is 10.0. The molecule has 88 valence electrons. The van der Waals surface area contributed by atoms with Crippen LogP contribution in [0, 0.1) is 5.92 Å². The fraction of sp³-hybridized carbons (Fsp3) is 0.400. The summed E-state index contributed by atoms with van der Waals surface area (Å²) < 4.78 is 0. The molecule has 0 amide bonds. The van der Waals surface area contributed by atoms with E-state index in [9.17, 15) is 0 Å². The fourth-order valence-corrected chi connectivity index (χ4v) is 2.84. The second-order valence-electron chi connectivity index (χ2n) is 4.86. The minimum Gasteiger partial charge on any atom is -0.286 e. The highest BCUT2D eigenvalue weighted by atomic mass is 15.3. The summed E-state index contributed by atoms with van der Waals surface area (Å²) >= 11 is 0. The molecule has 1 atom stereocenters. The van der Waals surface area contributed by atoms with E-state index < -0.39 is 0 Å². The number of benzene rings is 1. The standard InChI is InChI=1S/C15H18N2/c1-3-7-12(8-4-1)15-14-10-6-2-5-9-13(14)11-16-17-15/h1,3-4,7-8,11,14,16H,2,5-6,9-10H2. The lowest BCUT2D eigenvalue weighted by Crippen LogP contribution is -2.25. The van der Waals surface area contributed by atoms with Crippen LogP contribution in [0.1, 0.15) is 37.7 Å². The summed E-state index contributed by atoms with van der Waals surface area (Å²) in [7, 11) is 0. The molecule has 0 radical (unpaired) electrons. The largest absolute Gasteiger partial charge is 0.286 e. The van der Waals surface area contributed by atoms with Gasteiger partial charge in [-0.05, 0) is 30.4 Å². The van der Waals surface area contributed by atoms with Gasteiger partial charge in [0.05, 0.1) is 5.71 Å². The Hall–Kier alpha value is -1.57. The van der Waals surface area contributed by atoms with Crippen molar-refractivity contribution in [1.82, 2.24) is 5.43 Å². The third kappa shape index (κ3) is 2.12. The van der Waals surface area contributed by atoms with Crippen LogP contribution in [0.25, 0.3) is 0 Å². The van der Waals surface area contributed by atoms with Gasteiger partial charge in [-0.15, -0.1) is 0 Å². The molecule has 1 aliphatic carbocycles. The predicted molar refractivity (Wildman–Crippen MR) is 70.8 cm³/mol. The Morgan fingerprint density at radius 2 is 1.94 bits per heavy atom. The maximum absolute atomic E-state index is 4.52. The lowest BCUT2D eigenvalue weighted by molar-refractivity contribution is 0.650. The Labute approximate surface area is 102 Å². The summed E-state index contributed by atoms with van der Waals surface area (Å²) in [6.07, 6.45) is 8.60. The first kappa shape index (κ1) is 10.6. The van der Waals surface area contributed by atoms with E-state index >= 15 is 0 Å². The van der Waals surface area contributed by atoms with Crippen molar-refractivity contribution in [2.45, 2.75) is 32.1 Å². The molecule has 2 nitrogen and oxygen atoms in total. The van der Waals surface area contributed by atoms with Gasteiger partial charge in [-0.1, -0.05) is 43.2 Å². The number of hydrazone groups is 1. The molecule has 17 heavy (non-hydrogen) atoms. The van der Waals surface area contributed by atoms with Crippen LogP contribution in [-0.2, 0) is 0 Å². The van der Waals surface area contributed by atoms with Crippen molar-refractivity contribution in [2.24, 2.45) is 11.0 Å². The maximum Gasteiger partial charge on any atom is 0.0751 e. The number of hydrogen-bond acceptors (Lipinski definition) is 2. The van der Waals surface area contributed by atoms with E-state index in [0.29, 0.717) is 5.92 Å². The van der Waals surface area contributed by atoms with Crippen LogP contribution < -0.4 is 5.43 Å². The molecule has 1 saturated carbocycles. The molecule has 2 aliphatic rings. The summed E-state index contributed by atoms with van der Waals surface area (Å²) in [5.74, 6) is 0.543. The van der Waals surface area contributed by atoms with Crippen molar-refractivity contribution in [3.8, 4) is 0 Å². The lowest BCUT2D eigenvalue weighted by atomic mass is 9.86. The molecule has 0 aromatic heterocycles. The van der Waals surface area contributed by atoms with Crippen LogP contribution in [0.5, 0.6) is 0 Å². The second-order valence-corrected chi connectivity index (χ2v) is 4.86. The number of allylic oxidation sites excluding steroid dienone is 1. The summed E-state index contributed by atoms with van der Waals surface area (Å²) in [6, 6.07) is 10.6. The highest BCUT2D eigenvalue weighted by Gasteiger charge is 2.25. The minimum atomic E-state index is 0.543. The normalized spacial score (nSPS) is 23.9. The Morgan fingerprint density at radius 1 is 1.06 bits per heavy atom. The van der Waals surface area contributed by atoms with Crippen LogP contribution in [0.15, 0.2) is 47.2 Å². The molecule has 0 saturated heterocycles. The topological polar surface area (TPSA) is 24.4 Å². The monoisotopic (exact) mass is 226 g/mol. The Balaban J connectivity index is 1.92. The van der Waals surface area contributed by atoms with E-state index in [-0.39, 0.29) is 0 Å². The van der Waals surface area contributed by atoms with Crippen LogP contribution in [0.2, 0.25) is 0 Å². The van der Waals surface area contributed by atoms with Gasteiger partial charge in [-0.2, -0.15) is 5.10 Å². The molecule has 1 fully saturated rings. The number of nitrogens with one attached hydrogen (secondary N) is 1. The Morgan fingerprint density at radius 3 is 2.82 bits per heavy atom. The van der Waals surface area contributed by atoms with E-state index in [4.69, 9.17) is 0 Å². The highest BCUT2D eigenvalue weighted by molar-refractivity contribution is 6.04. The van der Waals surface area contributed by atoms with Gasteiger partial charge in [0.25, 0.3) is 0 Å². The van der Waals surface area contributed by atoms with Crippen LogP contribution in [-0.4, -0.2) is 5.71 Å². The highest BCUT2D eigenvalue weighted by Crippen LogP contribution is 2.32. The number of fused-ring (bicyclic) bond motifs is 1. The molecule has 2 heteroatoms. The average molecular weight is 226 g/mol. The third-order valence-electron chi connectivity index (χ3n) is 3.74. The zero-order valence-electron chi connectivity index (χ0n) is 10.0. The molecule has 1 heterocycles. The Kier molecular flexibility index (Phi) is 2.95. The van der Waals surface area contributed by atoms with E-state index in [0.717, 1.165) is 0 Å². The van der Waals surface area contributed by atoms with Crippen molar-refractivity contribution in [3.05, 3.63) is 47.7 Å². The Bertz CT molecular complexity index is 445. The van der Waals surface area contributed by atoms with Crippen LogP contribution >= 0.6 is 0 Å². The quantitative estimate of drug-likeness (QED) is 0.779. The first-order chi connectivity index (χ1) is 8.45. The predicted octanol–water partition coefficient (Wildman–Crippen LogP) is 3.46. The number of hydrogen-bond donors (Lipinski definition) is 1. The molecule has 1 N–H and O–H groups in total. The van der Waals surface area contributed by atoms with Crippen LogP contribution in [0.4, 0.5) is 0 Å². The van der Waals surface area contributed by atoms with Crippen molar-refractivity contribution in [1.29, 1.82) is 0 Å². The minimum absolute atomic E-state index is 0.543. The van der Waals surface area contributed by atoms with E-state index in [1.165, 1.54) is 49.0 Å². The number of rotatable bonds is 1. The van der Waals surface area contributed by atoms with Gasteiger partial charge >= 0.3 is 0 Å². The van der Waals surface area contributed by atoms with Crippen molar-refractivity contribution >= 4 is 5.71 Å². The summed E-state index contributed by atoms with van der Waals surface area (Å²) in [6.45, 7) is 0. The van der Waals surface area contributed by atoms with Gasteiger partial charge in [-0.3, -0.25) is 5.43 Å². The van der Waals surface area contributed by atoms with Gasteiger partial charge < -0.3 is 0 Å². The molecule has 1 aliphatic heterocycles. The van der Waals surface area contributed by atoms with Crippen LogP contribution in [0.3, 0.4) is 0 Å². The molecule has 1 aromatic rings. The molecular formula is C15H18N2. The van der Waals surface area contributed by atoms with E-state index in [1.54, 1.807) is 0 Å². The molecule has 1 aromatic carbocycles. The SMILES string of the molecule is C1=C2CCCCCC2C(c2ccccc2)=NN1. The summed E-state index contributed by atoms with van der Waals surface area (Å²) in [5.41, 5.74) is 7.11. The maximum atomic E-state index is 4.52. The second kappa shape index (κ2) is 4.74. The van der Waals surface area contributed by atoms with Gasteiger partial charge in [0.1, 0.15) is 0 Å². The van der Waals surface area contributed by atoms with Gasteiger partial charge in [0, 0.05) is 12.1 Å². The van der Waals surface area contributed by atoms with E-state index in [1.807, 2.05) is 0 Å². The molecule has 0 bridgehead atoms. The fourth-order valence-electron chi connectivity index (χ4n) is 2.84. The third-order valence-corrected chi connectivity index (χ3v) is 3.74. The van der Waals surface area contributed by atoms with Crippen molar-refractivity contribution in [2.75, 3.05) is 0 Å². The molecule has 0 spiro atoms. The zero-order chi connectivity index (χ0) is 11.5. The van der Waals surface area contributed by atoms with Gasteiger partial charge in [0.15, 0.2) is 0 Å². The summed E-state index contributed by atoms with van der Waals surface area (Å²) in [5, 5.41) is 4.52. The molecular weight excluding hydrogens is 208 g/mol. The first-order valence-corrected chi connectivity index (χ1v) is 6.52. The smallest absolute Gasteiger partial charge is 0.0751 e. The molecule has 3 rings (SSSR count). The first-order valence-electron chi connectivity index (χ1n) is 6.52.